The van der Waals surface area contributed by atoms with E-state index in [9.17, 15) is 0 Å². The van der Waals surface area contributed by atoms with Gasteiger partial charge in [-0.05, 0) is 25.8 Å². The Balaban J connectivity index is 1.64. The van der Waals surface area contributed by atoms with Crippen LogP contribution in [0.2, 0.25) is 0 Å². The molecule has 1 N–H and O–H groups in total. The van der Waals surface area contributed by atoms with Crippen molar-refractivity contribution >= 4 is 11.8 Å². The number of anilines is 2. The number of hydrogen-bond acceptors (Lipinski definition) is 7. The molecule has 3 rings (SSSR count). The van der Waals surface area contributed by atoms with Crippen molar-refractivity contribution in [3.05, 3.63) is 29.8 Å². The van der Waals surface area contributed by atoms with Crippen molar-refractivity contribution in [3.63, 3.8) is 0 Å². The van der Waals surface area contributed by atoms with Crippen LogP contribution in [0.3, 0.4) is 0 Å². The molecule has 22 heavy (non-hydrogen) atoms. The Morgan fingerprint density at radius 3 is 3.09 bits per heavy atom. The Hall–Kier alpha value is -2.15. The standard InChI is InChI=1S/C15H21N5O2/c1-11-8-13(19-22-11)9-20(2)15-16-6-5-14(18-15)17-12-4-3-7-21-10-12/h5-6,8,12H,3-4,7,9-10H2,1-2H3,(H,16,17,18)/t12-/m1/s1. The second-order valence-corrected chi connectivity index (χ2v) is 5.59. The maximum Gasteiger partial charge on any atom is 0.227 e. The molecule has 0 aromatic carbocycles. The molecule has 7 nitrogen and oxygen atoms in total. The van der Waals surface area contributed by atoms with Crippen molar-refractivity contribution in [1.82, 2.24) is 15.1 Å². The number of nitrogens with one attached hydrogen (secondary N) is 1. The summed E-state index contributed by atoms with van der Waals surface area (Å²) >= 11 is 0. The van der Waals surface area contributed by atoms with Gasteiger partial charge >= 0.3 is 0 Å². The van der Waals surface area contributed by atoms with E-state index in [1.54, 1.807) is 6.20 Å². The number of nitrogens with zero attached hydrogens (tertiary/aromatic N) is 4. The Morgan fingerprint density at radius 1 is 1.45 bits per heavy atom. The summed E-state index contributed by atoms with van der Waals surface area (Å²) in [5, 5.41) is 7.40. The fourth-order valence-corrected chi connectivity index (χ4v) is 2.48. The first-order valence-electron chi connectivity index (χ1n) is 7.51. The van der Waals surface area contributed by atoms with Gasteiger partial charge in [0.1, 0.15) is 17.3 Å². The summed E-state index contributed by atoms with van der Waals surface area (Å²) in [6.45, 7) is 4.07. The van der Waals surface area contributed by atoms with Crippen LogP contribution in [-0.2, 0) is 11.3 Å². The van der Waals surface area contributed by atoms with Gasteiger partial charge in [0.25, 0.3) is 0 Å². The third-order valence-electron chi connectivity index (χ3n) is 3.57. The third-order valence-corrected chi connectivity index (χ3v) is 3.57. The van der Waals surface area contributed by atoms with Gasteiger partial charge in [0.15, 0.2) is 0 Å². The van der Waals surface area contributed by atoms with Gasteiger partial charge in [-0.3, -0.25) is 0 Å². The van der Waals surface area contributed by atoms with Crippen LogP contribution >= 0.6 is 0 Å². The first-order valence-corrected chi connectivity index (χ1v) is 7.51. The van der Waals surface area contributed by atoms with Crippen LogP contribution in [0.5, 0.6) is 0 Å². The fourth-order valence-electron chi connectivity index (χ4n) is 2.48. The second-order valence-electron chi connectivity index (χ2n) is 5.59. The van der Waals surface area contributed by atoms with Gasteiger partial charge in [0, 0.05) is 25.9 Å². The summed E-state index contributed by atoms with van der Waals surface area (Å²) in [5.74, 6) is 2.28. The van der Waals surface area contributed by atoms with Crippen LogP contribution < -0.4 is 10.2 Å². The van der Waals surface area contributed by atoms with E-state index in [0.29, 0.717) is 18.5 Å². The lowest BCUT2D eigenvalue weighted by molar-refractivity contribution is 0.0875. The quantitative estimate of drug-likeness (QED) is 0.905. The van der Waals surface area contributed by atoms with Crippen molar-refractivity contribution < 1.29 is 9.26 Å². The minimum absolute atomic E-state index is 0.319. The molecule has 1 fully saturated rings. The summed E-state index contributed by atoms with van der Waals surface area (Å²) in [5.41, 5.74) is 0.864. The highest BCUT2D eigenvalue weighted by atomic mass is 16.5. The van der Waals surface area contributed by atoms with Crippen molar-refractivity contribution in [2.75, 3.05) is 30.5 Å². The summed E-state index contributed by atoms with van der Waals surface area (Å²) < 4.78 is 10.6. The molecule has 7 heteroatoms. The van der Waals surface area contributed by atoms with E-state index < -0.39 is 0 Å². The molecule has 0 aliphatic carbocycles. The molecule has 0 saturated carbocycles. The van der Waals surface area contributed by atoms with E-state index in [1.165, 1.54) is 0 Å². The van der Waals surface area contributed by atoms with Crippen LogP contribution in [-0.4, -0.2) is 41.4 Å². The molecular weight excluding hydrogens is 282 g/mol. The zero-order chi connectivity index (χ0) is 15.4. The van der Waals surface area contributed by atoms with Crippen molar-refractivity contribution in [3.8, 4) is 0 Å². The van der Waals surface area contributed by atoms with Crippen LogP contribution in [0, 0.1) is 6.92 Å². The van der Waals surface area contributed by atoms with Gasteiger partial charge in [-0.15, -0.1) is 0 Å². The molecule has 2 aromatic heterocycles. The first kappa shape index (κ1) is 14.8. The second kappa shape index (κ2) is 6.74. The summed E-state index contributed by atoms with van der Waals surface area (Å²) in [6, 6.07) is 4.12. The highest BCUT2D eigenvalue weighted by Crippen LogP contribution is 2.16. The summed E-state index contributed by atoms with van der Waals surface area (Å²) in [4.78, 5) is 10.8. The van der Waals surface area contributed by atoms with Gasteiger partial charge in [-0.1, -0.05) is 5.16 Å². The lowest BCUT2D eigenvalue weighted by atomic mass is 10.1. The highest BCUT2D eigenvalue weighted by Gasteiger charge is 2.15. The van der Waals surface area contributed by atoms with Crippen LogP contribution in [0.4, 0.5) is 11.8 Å². The molecule has 1 saturated heterocycles. The van der Waals surface area contributed by atoms with Crippen LogP contribution in [0.15, 0.2) is 22.9 Å². The Bertz CT molecular complexity index is 609. The largest absolute Gasteiger partial charge is 0.379 e. The molecule has 0 spiro atoms. The molecule has 1 atom stereocenters. The van der Waals surface area contributed by atoms with Gasteiger partial charge < -0.3 is 19.5 Å². The topological polar surface area (TPSA) is 76.3 Å². The molecule has 0 amide bonds. The molecule has 1 aliphatic rings. The maximum absolute atomic E-state index is 5.48. The van der Waals surface area contributed by atoms with E-state index in [0.717, 1.165) is 43.3 Å². The number of aromatic nitrogens is 3. The predicted molar refractivity (Wildman–Crippen MR) is 82.8 cm³/mol. The van der Waals surface area contributed by atoms with E-state index >= 15 is 0 Å². The van der Waals surface area contributed by atoms with Gasteiger partial charge in [-0.2, -0.15) is 4.98 Å². The molecule has 0 unspecified atom stereocenters. The Kier molecular flexibility index (Phi) is 4.53. The molecule has 3 heterocycles. The number of ether oxygens (including phenoxy) is 1. The highest BCUT2D eigenvalue weighted by molar-refractivity contribution is 5.41. The van der Waals surface area contributed by atoms with E-state index in [-0.39, 0.29) is 0 Å². The number of hydrogen-bond donors (Lipinski definition) is 1. The van der Waals surface area contributed by atoms with Gasteiger partial charge in [-0.25, -0.2) is 4.98 Å². The average molecular weight is 303 g/mol. The number of aryl methyl sites for hydroxylation is 1. The SMILES string of the molecule is Cc1cc(CN(C)c2nccc(N[C@@H]3CCCOC3)n2)no1. The smallest absolute Gasteiger partial charge is 0.227 e. The van der Waals surface area contributed by atoms with E-state index in [4.69, 9.17) is 9.26 Å². The lowest BCUT2D eigenvalue weighted by Gasteiger charge is -2.24. The summed E-state index contributed by atoms with van der Waals surface area (Å²) in [7, 11) is 1.94. The summed E-state index contributed by atoms with van der Waals surface area (Å²) in [6.07, 6.45) is 3.95. The Labute approximate surface area is 129 Å². The average Bonchev–Trinajstić information content (AvgIpc) is 2.93. The molecule has 1 aliphatic heterocycles. The van der Waals surface area contributed by atoms with Gasteiger partial charge in [0.05, 0.1) is 19.2 Å². The third kappa shape index (κ3) is 3.73. The predicted octanol–water partition coefficient (Wildman–Crippen LogP) is 2.00. The molecule has 118 valence electrons. The minimum Gasteiger partial charge on any atom is -0.379 e. The molecule has 2 aromatic rings. The van der Waals surface area contributed by atoms with E-state index in [1.807, 2.05) is 31.0 Å². The molecule has 0 bridgehead atoms. The van der Waals surface area contributed by atoms with Gasteiger partial charge in [0.2, 0.25) is 5.95 Å². The fraction of sp³-hybridized carbons (Fsp3) is 0.533. The van der Waals surface area contributed by atoms with Crippen molar-refractivity contribution in [2.45, 2.75) is 32.4 Å². The molecular formula is C15H21N5O2. The lowest BCUT2D eigenvalue weighted by Crippen LogP contribution is -2.30. The zero-order valence-electron chi connectivity index (χ0n) is 13.0. The van der Waals surface area contributed by atoms with Crippen molar-refractivity contribution in [1.29, 1.82) is 0 Å². The monoisotopic (exact) mass is 303 g/mol. The minimum atomic E-state index is 0.319. The Morgan fingerprint density at radius 2 is 2.36 bits per heavy atom. The molecule has 0 radical (unpaired) electrons. The zero-order valence-corrected chi connectivity index (χ0v) is 13.0. The maximum atomic E-state index is 5.48. The number of rotatable bonds is 5. The first-order chi connectivity index (χ1) is 10.7. The van der Waals surface area contributed by atoms with Crippen molar-refractivity contribution in [2.24, 2.45) is 0 Å². The van der Waals surface area contributed by atoms with E-state index in [2.05, 4.69) is 20.4 Å². The van der Waals surface area contributed by atoms with Crippen LogP contribution in [0.1, 0.15) is 24.3 Å². The van der Waals surface area contributed by atoms with Crippen LogP contribution in [0.25, 0.3) is 0 Å². The normalized spacial score (nSPS) is 18.2.